The third-order valence-corrected chi connectivity index (χ3v) is 4.54. The summed E-state index contributed by atoms with van der Waals surface area (Å²) in [6.45, 7) is 4.51. The van der Waals surface area contributed by atoms with Crippen molar-refractivity contribution in [2.75, 3.05) is 37.0 Å². The van der Waals surface area contributed by atoms with Crippen LogP contribution in [0.3, 0.4) is 0 Å². The fraction of sp³-hybridized carbons (Fsp3) is 0.550. The minimum Gasteiger partial charge on any atom is -0.494 e. The van der Waals surface area contributed by atoms with Crippen LogP contribution < -0.4 is 25.6 Å². The van der Waals surface area contributed by atoms with Gasteiger partial charge in [0.15, 0.2) is 0 Å². The van der Waals surface area contributed by atoms with E-state index in [2.05, 4.69) is 16.0 Å². The molecule has 4 amide bonds. The molecule has 160 valence electrons. The van der Waals surface area contributed by atoms with Crippen molar-refractivity contribution < 1.29 is 24.2 Å². The van der Waals surface area contributed by atoms with E-state index in [0.29, 0.717) is 36.5 Å². The van der Waals surface area contributed by atoms with Crippen molar-refractivity contribution in [2.45, 2.75) is 39.2 Å². The molecule has 1 aromatic rings. The Morgan fingerprint density at radius 2 is 2.07 bits per heavy atom. The first kappa shape index (κ1) is 22.5. The van der Waals surface area contributed by atoms with Gasteiger partial charge >= 0.3 is 6.03 Å². The third-order valence-electron chi connectivity index (χ3n) is 4.54. The number of anilines is 2. The van der Waals surface area contributed by atoms with Gasteiger partial charge in [-0.2, -0.15) is 0 Å². The monoisotopic (exact) mass is 406 g/mol. The minimum atomic E-state index is -0.718. The summed E-state index contributed by atoms with van der Waals surface area (Å²) in [7, 11) is 1.51. The lowest BCUT2D eigenvalue weighted by Crippen LogP contribution is -2.49. The van der Waals surface area contributed by atoms with E-state index in [9.17, 15) is 14.4 Å². The number of benzene rings is 1. The van der Waals surface area contributed by atoms with Crippen molar-refractivity contribution in [2.24, 2.45) is 5.92 Å². The molecule has 1 heterocycles. The number of hydrogen-bond acceptors (Lipinski definition) is 5. The summed E-state index contributed by atoms with van der Waals surface area (Å²) < 4.78 is 5.39. The number of carbonyl (C=O) groups excluding carboxylic acids is 3. The van der Waals surface area contributed by atoms with Gasteiger partial charge in [-0.1, -0.05) is 13.8 Å². The second-order valence-corrected chi connectivity index (χ2v) is 7.33. The molecular weight excluding hydrogens is 376 g/mol. The highest BCUT2D eigenvalue weighted by atomic mass is 16.5. The average molecular weight is 406 g/mol. The van der Waals surface area contributed by atoms with Crippen LogP contribution in [-0.4, -0.2) is 55.8 Å². The topological polar surface area (TPSA) is 120 Å². The molecular formula is C20H30N4O5. The van der Waals surface area contributed by atoms with Gasteiger partial charge in [0.1, 0.15) is 11.8 Å². The first-order valence-corrected chi connectivity index (χ1v) is 9.80. The van der Waals surface area contributed by atoms with E-state index in [1.807, 2.05) is 13.8 Å². The normalized spacial score (nSPS) is 14.7. The van der Waals surface area contributed by atoms with E-state index in [0.717, 1.165) is 6.42 Å². The van der Waals surface area contributed by atoms with Gasteiger partial charge in [0.25, 0.3) is 0 Å². The Hall–Kier alpha value is -2.81. The molecule has 0 aliphatic carbocycles. The molecule has 0 radical (unpaired) electrons. The van der Waals surface area contributed by atoms with Crippen molar-refractivity contribution in [3.63, 3.8) is 0 Å². The van der Waals surface area contributed by atoms with E-state index in [-0.39, 0.29) is 30.9 Å². The Morgan fingerprint density at radius 3 is 2.66 bits per heavy atom. The van der Waals surface area contributed by atoms with Crippen LogP contribution in [0.25, 0.3) is 0 Å². The molecule has 0 bridgehead atoms. The zero-order valence-corrected chi connectivity index (χ0v) is 17.2. The Bertz CT molecular complexity index is 738. The number of aliphatic hydroxyl groups is 1. The standard InChI is InChI=1S/C20H30N4O5/c1-13(2)11-15(19(27)21-8-10-25)23-20(28)22-14-6-7-16(17(12-14)29-3)24-9-4-5-18(24)26/h6-7,12-13,15,25H,4-5,8-11H2,1-3H3,(H,21,27)(H2,22,23,28)/t15-/m0/s1. The summed E-state index contributed by atoms with van der Waals surface area (Å²) in [4.78, 5) is 38.3. The van der Waals surface area contributed by atoms with Crippen LogP contribution in [0, 0.1) is 5.92 Å². The van der Waals surface area contributed by atoms with E-state index in [4.69, 9.17) is 9.84 Å². The van der Waals surface area contributed by atoms with Crippen LogP contribution in [0.2, 0.25) is 0 Å². The van der Waals surface area contributed by atoms with Gasteiger partial charge in [-0.15, -0.1) is 0 Å². The average Bonchev–Trinajstić information content (AvgIpc) is 3.10. The number of nitrogens with one attached hydrogen (secondary N) is 3. The minimum absolute atomic E-state index is 0.0483. The highest BCUT2D eigenvalue weighted by molar-refractivity contribution is 5.98. The lowest BCUT2D eigenvalue weighted by atomic mass is 10.0. The third kappa shape index (κ3) is 6.35. The molecule has 0 aromatic heterocycles. The van der Waals surface area contributed by atoms with Gasteiger partial charge in [-0.3, -0.25) is 9.59 Å². The largest absolute Gasteiger partial charge is 0.494 e. The molecule has 9 heteroatoms. The van der Waals surface area contributed by atoms with E-state index in [1.54, 1.807) is 23.1 Å². The number of methoxy groups -OCH3 is 1. The van der Waals surface area contributed by atoms with Crippen molar-refractivity contribution in [1.82, 2.24) is 10.6 Å². The summed E-state index contributed by atoms with van der Waals surface area (Å²) in [5.74, 6) is 0.380. The summed E-state index contributed by atoms with van der Waals surface area (Å²) in [6.07, 6.45) is 1.78. The lowest BCUT2D eigenvalue weighted by molar-refractivity contribution is -0.123. The van der Waals surface area contributed by atoms with Crippen LogP contribution in [0.1, 0.15) is 33.1 Å². The smallest absolute Gasteiger partial charge is 0.319 e. The van der Waals surface area contributed by atoms with E-state index in [1.165, 1.54) is 7.11 Å². The van der Waals surface area contributed by atoms with Crippen LogP contribution in [0.5, 0.6) is 5.75 Å². The van der Waals surface area contributed by atoms with Crippen molar-refractivity contribution in [3.05, 3.63) is 18.2 Å². The van der Waals surface area contributed by atoms with Gasteiger partial charge < -0.3 is 30.7 Å². The predicted molar refractivity (Wildman–Crippen MR) is 110 cm³/mol. The Morgan fingerprint density at radius 1 is 1.31 bits per heavy atom. The van der Waals surface area contributed by atoms with Gasteiger partial charge in [0.2, 0.25) is 11.8 Å². The molecule has 1 atom stereocenters. The van der Waals surface area contributed by atoms with Crippen LogP contribution in [0.4, 0.5) is 16.2 Å². The molecule has 0 unspecified atom stereocenters. The van der Waals surface area contributed by atoms with Crippen molar-refractivity contribution in [1.29, 1.82) is 0 Å². The molecule has 1 aliphatic heterocycles. The quantitative estimate of drug-likeness (QED) is 0.495. The number of carbonyl (C=O) groups is 3. The molecule has 2 rings (SSSR count). The Labute approximate surface area is 170 Å². The van der Waals surface area contributed by atoms with Gasteiger partial charge in [-0.25, -0.2) is 4.79 Å². The summed E-state index contributed by atoms with van der Waals surface area (Å²) in [5.41, 5.74) is 1.15. The van der Waals surface area contributed by atoms with Gasteiger partial charge in [0, 0.05) is 31.3 Å². The number of urea groups is 1. The maximum atomic E-state index is 12.4. The fourth-order valence-corrected chi connectivity index (χ4v) is 3.21. The van der Waals surface area contributed by atoms with Crippen molar-refractivity contribution in [3.8, 4) is 5.75 Å². The number of hydrogen-bond donors (Lipinski definition) is 4. The maximum Gasteiger partial charge on any atom is 0.319 e. The molecule has 0 saturated carbocycles. The van der Waals surface area contributed by atoms with Crippen LogP contribution in [-0.2, 0) is 9.59 Å². The van der Waals surface area contributed by atoms with Gasteiger partial charge in [-0.05, 0) is 30.9 Å². The molecule has 1 saturated heterocycles. The zero-order valence-electron chi connectivity index (χ0n) is 17.2. The first-order valence-electron chi connectivity index (χ1n) is 9.80. The molecule has 29 heavy (non-hydrogen) atoms. The summed E-state index contributed by atoms with van der Waals surface area (Å²) in [6, 6.07) is 3.82. The maximum absolute atomic E-state index is 12.4. The second-order valence-electron chi connectivity index (χ2n) is 7.33. The number of nitrogens with zero attached hydrogens (tertiary/aromatic N) is 1. The highest BCUT2D eigenvalue weighted by Gasteiger charge is 2.25. The molecule has 0 spiro atoms. The molecule has 1 fully saturated rings. The van der Waals surface area contributed by atoms with E-state index >= 15 is 0 Å². The summed E-state index contributed by atoms with van der Waals surface area (Å²) in [5, 5.41) is 16.8. The summed E-state index contributed by atoms with van der Waals surface area (Å²) >= 11 is 0. The van der Waals surface area contributed by atoms with Crippen molar-refractivity contribution >= 4 is 29.2 Å². The first-order chi connectivity index (χ1) is 13.8. The Kier molecular flexibility index (Phi) is 8.26. The fourth-order valence-electron chi connectivity index (χ4n) is 3.21. The van der Waals surface area contributed by atoms with Gasteiger partial charge in [0.05, 0.1) is 19.4 Å². The Balaban J connectivity index is 2.06. The zero-order chi connectivity index (χ0) is 21.4. The lowest BCUT2D eigenvalue weighted by Gasteiger charge is -2.21. The highest BCUT2D eigenvalue weighted by Crippen LogP contribution is 2.33. The number of aliphatic hydroxyl groups excluding tert-OH is 1. The number of amides is 4. The van der Waals surface area contributed by atoms with E-state index < -0.39 is 12.1 Å². The van der Waals surface area contributed by atoms with Crippen LogP contribution >= 0.6 is 0 Å². The predicted octanol–water partition coefficient (Wildman–Crippen LogP) is 1.47. The molecule has 9 nitrogen and oxygen atoms in total. The molecule has 1 aliphatic rings. The SMILES string of the molecule is COc1cc(NC(=O)N[C@@H](CC(C)C)C(=O)NCCO)ccc1N1CCCC1=O. The second kappa shape index (κ2) is 10.7. The number of ether oxygens (including phenoxy) is 1. The van der Waals surface area contributed by atoms with Crippen LogP contribution in [0.15, 0.2) is 18.2 Å². The molecule has 1 aromatic carbocycles. The number of rotatable bonds is 9. The molecule has 4 N–H and O–H groups in total.